The Morgan fingerprint density at radius 1 is 1.42 bits per heavy atom. The second-order valence-corrected chi connectivity index (χ2v) is 2.79. The molecule has 0 aromatic heterocycles. The maximum Gasteiger partial charge on any atom is 1.00 e. The van der Waals surface area contributed by atoms with E-state index in [2.05, 4.69) is 0 Å². The first kappa shape index (κ1) is 12.0. The summed E-state index contributed by atoms with van der Waals surface area (Å²) >= 11 is 0. The van der Waals surface area contributed by atoms with Crippen LogP contribution in [0.2, 0.25) is 0 Å². The Morgan fingerprint density at radius 3 is 2.50 bits per heavy atom. The molecule has 0 fully saturated rings. The van der Waals surface area contributed by atoms with Gasteiger partial charge in [-0.05, 0) is 13.3 Å². The molecule has 1 unspecified atom stereocenters. The molecule has 0 amide bonds. The monoisotopic (exact) mass is 173 g/mol. The molecule has 0 spiro atoms. The quantitative estimate of drug-likeness (QED) is 0.509. The fraction of sp³-hybridized carbons (Fsp3) is 0.333. The van der Waals surface area contributed by atoms with Crippen molar-refractivity contribution in [1.29, 1.82) is 0 Å². The normalized spacial score (nSPS) is 11.8. The molecular formula is C9H12NNaO. The summed E-state index contributed by atoms with van der Waals surface area (Å²) in [5.41, 5.74) is 6.36. The number of hydrogen-bond acceptors (Lipinski definition) is 2. The SMILES string of the molecule is CC(N)Cc1ccccc1[O-].[Na+]. The molecule has 1 aromatic carbocycles. The van der Waals surface area contributed by atoms with E-state index in [1.165, 1.54) is 0 Å². The van der Waals surface area contributed by atoms with Crippen molar-refractivity contribution in [3.63, 3.8) is 0 Å². The van der Waals surface area contributed by atoms with Gasteiger partial charge in [0.1, 0.15) is 0 Å². The van der Waals surface area contributed by atoms with Gasteiger partial charge in [0.25, 0.3) is 0 Å². The van der Waals surface area contributed by atoms with Crippen molar-refractivity contribution in [2.75, 3.05) is 0 Å². The number of para-hydroxylation sites is 1. The average molecular weight is 173 g/mol. The fourth-order valence-corrected chi connectivity index (χ4v) is 1.02. The zero-order chi connectivity index (χ0) is 8.27. The summed E-state index contributed by atoms with van der Waals surface area (Å²) in [5, 5.41) is 11.1. The van der Waals surface area contributed by atoms with Crippen LogP contribution in [0.5, 0.6) is 5.75 Å². The third kappa shape index (κ3) is 3.59. The first-order chi connectivity index (χ1) is 5.20. The number of rotatable bonds is 2. The topological polar surface area (TPSA) is 49.1 Å². The van der Waals surface area contributed by atoms with Crippen molar-refractivity contribution in [2.24, 2.45) is 5.73 Å². The van der Waals surface area contributed by atoms with Gasteiger partial charge >= 0.3 is 29.6 Å². The van der Waals surface area contributed by atoms with Crippen LogP contribution in [-0.2, 0) is 6.42 Å². The van der Waals surface area contributed by atoms with Gasteiger partial charge in [0, 0.05) is 6.04 Å². The number of nitrogens with two attached hydrogens (primary N) is 1. The molecule has 0 radical (unpaired) electrons. The Labute approximate surface area is 95.1 Å². The third-order valence-electron chi connectivity index (χ3n) is 1.51. The average Bonchev–Trinajstić information content (AvgIpc) is 1.93. The summed E-state index contributed by atoms with van der Waals surface area (Å²) in [7, 11) is 0. The Morgan fingerprint density at radius 2 is 2.00 bits per heavy atom. The fourth-order valence-electron chi connectivity index (χ4n) is 1.02. The molecule has 2 N–H and O–H groups in total. The maximum absolute atomic E-state index is 11.1. The predicted octanol–water partition coefficient (Wildman–Crippen LogP) is -2.35. The molecule has 0 saturated heterocycles. The van der Waals surface area contributed by atoms with E-state index in [0.717, 1.165) is 5.56 Å². The molecule has 12 heavy (non-hydrogen) atoms. The number of benzene rings is 1. The minimum atomic E-state index is 0. The number of hydrogen-bond donors (Lipinski definition) is 1. The minimum Gasteiger partial charge on any atom is -0.872 e. The molecule has 0 aliphatic carbocycles. The van der Waals surface area contributed by atoms with Gasteiger partial charge < -0.3 is 10.8 Å². The van der Waals surface area contributed by atoms with Crippen LogP contribution < -0.4 is 40.4 Å². The van der Waals surface area contributed by atoms with Crippen LogP contribution >= 0.6 is 0 Å². The predicted molar refractivity (Wildman–Crippen MR) is 43.2 cm³/mol. The summed E-state index contributed by atoms with van der Waals surface area (Å²) < 4.78 is 0. The first-order valence-corrected chi connectivity index (χ1v) is 3.70. The van der Waals surface area contributed by atoms with Crippen LogP contribution in [0, 0.1) is 0 Å². The summed E-state index contributed by atoms with van der Waals surface area (Å²) in [6.07, 6.45) is 0.666. The molecule has 60 valence electrons. The zero-order valence-corrected chi connectivity index (χ0v) is 9.58. The van der Waals surface area contributed by atoms with E-state index in [1.807, 2.05) is 19.1 Å². The second-order valence-electron chi connectivity index (χ2n) is 2.79. The molecule has 0 bridgehead atoms. The third-order valence-corrected chi connectivity index (χ3v) is 1.51. The Balaban J connectivity index is 0.00000121. The molecular weight excluding hydrogens is 161 g/mol. The van der Waals surface area contributed by atoms with Crippen LogP contribution in [0.25, 0.3) is 0 Å². The van der Waals surface area contributed by atoms with Gasteiger partial charge in [0.2, 0.25) is 0 Å². The molecule has 1 aromatic rings. The Bertz CT molecular complexity index is 238. The van der Waals surface area contributed by atoms with E-state index in [1.54, 1.807) is 12.1 Å². The second kappa shape index (κ2) is 5.60. The van der Waals surface area contributed by atoms with Crippen LogP contribution in [0.3, 0.4) is 0 Å². The molecule has 0 aliphatic heterocycles. The molecule has 0 saturated carbocycles. The van der Waals surface area contributed by atoms with Crippen molar-refractivity contribution in [3.05, 3.63) is 29.8 Å². The molecule has 2 nitrogen and oxygen atoms in total. The maximum atomic E-state index is 11.1. The van der Waals surface area contributed by atoms with Crippen molar-refractivity contribution < 1.29 is 34.7 Å². The van der Waals surface area contributed by atoms with Gasteiger partial charge in [0.05, 0.1) is 0 Å². The zero-order valence-electron chi connectivity index (χ0n) is 7.58. The summed E-state index contributed by atoms with van der Waals surface area (Å²) in [5.74, 6) is 0.0878. The summed E-state index contributed by atoms with van der Waals surface area (Å²) in [6.45, 7) is 1.90. The summed E-state index contributed by atoms with van der Waals surface area (Å²) in [6, 6.07) is 7.06. The molecule has 0 heterocycles. The van der Waals surface area contributed by atoms with Crippen molar-refractivity contribution >= 4 is 0 Å². The van der Waals surface area contributed by atoms with Crippen LogP contribution in [-0.4, -0.2) is 6.04 Å². The van der Waals surface area contributed by atoms with E-state index in [0.29, 0.717) is 6.42 Å². The van der Waals surface area contributed by atoms with E-state index >= 15 is 0 Å². The van der Waals surface area contributed by atoms with Crippen molar-refractivity contribution in [3.8, 4) is 5.75 Å². The first-order valence-electron chi connectivity index (χ1n) is 3.70. The van der Waals surface area contributed by atoms with Crippen LogP contribution in [0.4, 0.5) is 0 Å². The molecule has 0 aliphatic rings. The standard InChI is InChI=1S/C9H13NO.Na/c1-7(10)6-8-4-2-3-5-9(8)11;/h2-5,7,11H,6,10H2,1H3;/q;+1/p-1. The van der Waals surface area contributed by atoms with E-state index < -0.39 is 0 Å². The van der Waals surface area contributed by atoms with E-state index in [-0.39, 0.29) is 41.3 Å². The van der Waals surface area contributed by atoms with Gasteiger partial charge in [-0.1, -0.05) is 29.8 Å². The van der Waals surface area contributed by atoms with Gasteiger partial charge in [-0.25, -0.2) is 0 Å². The Hall–Kier alpha value is -0.0200. The van der Waals surface area contributed by atoms with Crippen LogP contribution in [0.1, 0.15) is 12.5 Å². The summed E-state index contributed by atoms with van der Waals surface area (Å²) in [4.78, 5) is 0. The smallest absolute Gasteiger partial charge is 0.872 e. The Kier molecular flexibility index (Phi) is 5.59. The van der Waals surface area contributed by atoms with Crippen molar-refractivity contribution in [1.82, 2.24) is 0 Å². The molecule has 1 atom stereocenters. The van der Waals surface area contributed by atoms with E-state index in [4.69, 9.17) is 5.73 Å². The van der Waals surface area contributed by atoms with Crippen LogP contribution in [0.15, 0.2) is 24.3 Å². The van der Waals surface area contributed by atoms with Gasteiger partial charge in [-0.15, -0.1) is 5.75 Å². The van der Waals surface area contributed by atoms with Crippen molar-refractivity contribution in [2.45, 2.75) is 19.4 Å². The molecule has 3 heteroatoms. The van der Waals surface area contributed by atoms with Gasteiger partial charge in [0.15, 0.2) is 0 Å². The largest absolute Gasteiger partial charge is 1.00 e. The van der Waals surface area contributed by atoms with Gasteiger partial charge in [-0.3, -0.25) is 0 Å². The van der Waals surface area contributed by atoms with E-state index in [9.17, 15) is 5.11 Å². The van der Waals surface area contributed by atoms with Gasteiger partial charge in [-0.2, -0.15) is 0 Å². The minimum absolute atomic E-state index is 0. The molecule has 1 rings (SSSR count).